The summed E-state index contributed by atoms with van der Waals surface area (Å²) in [6.45, 7) is 0.410. The predicted molar refractivity (Wildman–Crippen MR) is 75.7 cm³/mol. The van der Waals surface area contributed by atoms with Crippen molar-refractivity contribution in [1.29, 1.82) is 0 Å². The summed E-state index contributed by atoms with van der Waals surface area (Å²) in [4.78, 5) is 11.5. The van der Waals surface area contributed by atoms with Gasteiger partial charge in [-0.2, -0.15) is 0 Å². The first-order valence-corrected chi connectivity index (χ1v) is 6.45. The lowest BCUT2D eigenvalue weighted by atomic mass is 10.2. The van der Waals surface area contributed by atoms with Crippen LogP contribution in [0.3, 0.4) is 0 Å². The summed E-state index contributed by atoms with van der Waals surface area (Å²) in [5, 5.41) is 12.7. The topological polar surface area (TPSA) is 67.4 Å². The lowest BCUT2D eigenvalue weighted by molar-refractivity contribution is -0.116. The number of hydrogen-bond donors (Lipinski definition) is 2. The van der Waals surface area contributed by atoms with Gasteiger partial charge in [0.15, 0.2) is 0 Å². The third-order valence-corrected chi connectivity index (χ3v) is 2.98. The van der Waals surface area contributed by atoms with Crippen LogP contribution in [0.2, 0.25) is 0 Å². The van der Waals surface area contributed by atoms with Crippen LogP contribution in [0, 0.1) is 0 Å². The Morgan fingerprint density at radius 3 is 3.00 bits per heavy atom. The van der Waals surface area contributed by atoms with E-state index in [1.807, 2.05) is 29.9 Å². The number of aryl methyl sites for hydroxylation is 1. The van der Waals surface area contributed by atoms with Crippen LogP contribution in [-0.2, 0) is 11.8 Å². The van der Waals surface area contributed by atoms with E-state index in [0.29, 0.717) is 18.7 Å². The van der Waals surface area contributed by atoms with E-state index in [0.717, 1.165) is 5.69 Å². The van der Waals surface area contributed by atoms with E-state index >= 15 is 0 Å². The zero-order valence-electron chi connectivity index (χ0n) is 11.3. The molecule has 0 unspecified atom stereocenters. The van der Waals surface area contributed by atoms with Crippen molar-refractivity contribution in [1.82, 2.24) is 9.88 Å². The summed E-state index contributed by atoms with van der Waals surface area (Å²) in [5.41, 5.74) is 0.838. The number of hydrogen-bond acceptors (Lipinski definition) is 3. The van der Waals surface area contributed by atoms with E-state index in [2.05, 4.69) is 5.32 Å². The molecular formula is C15H18N2O3. The smallest absolute Gasteiger partial charge is 0.244 e. The average Bonchev–Trinajstić information content (AvgIpc) is 3.07. The Morgan fingerprint density at radius 2 is 2.35 bits per heavy atom. The number of aromatic nitrogens is 1. The van der Waals surface area contributed by atoms with Gasteiger partial charge in [-0.3, -0.25) is 4.79 Å². The fourth-order valence-corrected chi connectivity index (χ4v) is 1.90. The van der Waals surface area contributed by atoms with E-state index in [1.54, 1.807) is 24.5 Å². The fraction of sp³-hybridized carbons (Fsp3) is 0.267. The monoisotopic (exact) mass is 274 g/mol. The molecule has 0 saturated heterocycles. The quantitative estimate of drug-likeness (QED) is 0.790. The second-order valence-electron chi connectivity index (χ2n) is 4.49. The van der Waals surface area contributed by atoms with Gasteiger partial charge in [0.1, 0.15) is 5.76 Å². The lowest BCUT2D eigenvalue weighted by Crippen LogP contribution is -2.23. The van der Waals surface area contributed by atoms with Crippen molar-refractivity contribution in [2.75, 3.05) is 6.54 Å². The number of nitrogens with zero attached hydrogens (tertiary/aromatic N) is 1. The number of amides is 1. The van der Waals surface area contributed by atoms with E-state index in [-0.39, 0.29) is 5.91 Å². The minimum Gasteiger partial charge on any atom is -0.465 e. The summed E-state index contributed by atoms with van der Waals surface area (Å²) in [7, 11) is 1.88. The number of furan rings is 1. The predicted octanol–water partition coefficient (Wildman–Crippen LogP) is 1.87. The minimum absolute atomic E-state index is 0.208. The highest BCUT2D eigenvalue weighted by Crippen LogP contribution is 2.15. The van der Waals surface area contributed by atoms with Crippen molar-refractivity contribution >= 4 is 12.0 Å². The lowest BCUT2D eigenvalue weighted by Gasteiger charge is -2.11. The van der Waals surface area contributed by atoms with Gasteiger partial charge < -0.3 is 19.4 Å². The molecule has 1 amide bonds. The van der Waals surface area contributed by atoms with Crippen LogP contribution in [0.1, 0.15) is 24.0 Å². The van der Waals surface area contributed by atoms with Crippen LogP contribution in [0.5, 0.6) is 0 Å². The van der Waals surface area contributed by atoms with Crippen molar-refractivity contribution in [2.24, 2.45) is 7.05 Å². The van der Waals surface area contributed by atoms with Crippen LogP contribution in [-0.4, -0.2) is 22.1 Å². The van der Waals surface area contributed by atoms with Crippen LogP contribution in [0.15, 0.2) is 47.2 Å². The molecule has 0 saturated carbocycles. The molecule has 2 N–H and O–H groups in total. The Morgan fingerprint density at radius 1 is 1.50 bits per heavy atom. The van der Waals surface area contributed by atoms with Gasteiger partial charge in [-0.15, -0.1) is 0 Å². The van der Waals surface area contributed by atoms with Gasteiger partial charge >= 0.3 is 0 Å². The largest absolute Gasteiger partial charge is 0.465 e. The molecule has 106 valence electrons. The van der Waals surface area contributed by atoms with Crippen molar-refractivity contribution < 1.29 is 14.3 Å². The van der Waals surface area contributed by atoms with Crippen molar-refractivity contribution in [3.63, 3.8) is 0 Å². The summed E-state index contributed by atoms with van der Waals surface area (Å²) in [5.74, 6) is 0.421. The summed E-state index contributed by atoms with van der Waals surface area (Å²) < 4.78 is 6.94. The van der Waals surface area contributed by atoms with Gasteiger partial charge in [-0.25, -0.2) is 0 Å². The number of carbonyl (C=O) groups excluding carboxylic acids is 1. The highest BCUT2D eigenvalue weighted by atomic mass is 16.3. The standard InChI is InChI=1S/C15H18N2O3/c1-17-10-2-5-13(17)14(18)8-9-16-15(19)7-6-12-4-3-11-20-12/h2-7,10-11,14,18H,8-9H2,1H3,(H,16,19)/b7-6+/t14-/m0/s1. The molecule has 20 heavy (non-hydrogen) atoms. The number of nitrogens with one attached hydrogen (secondary N) is 1. The molecule has 2 aromatic heterocycles. The molecular weight excluding hydrogens is 256 g/mol. The Labute approximate surface area is 117 Å². The molecule has 0 radical (unpaired) electrons. The van der Waals surface area contributed by atoms with Gasteiger partial charge in [-0.1, -0.05) is 0 Å². The van der Waals surface area contributed by atoms with E-state index in [4.69, 9.17) is 4.42 Å². The zero-order chi connectivity index (χ0) is 14.4. The summed E-state index contributed by atoms with van der Waals surface area (Å²) in [6, 6.07) is 7.27. The zero-order valence-corrected chi connectivity index (χ0v) is 11.3. The Balaban J connectivity index is 1.73. The Bertz CT molecular complexity index is 570. The highest BCUT2D eigenvalue weighted by Gasteiger charge is 2.10. The first-order valence-electron chi connectivity index (χ1n) is 6.45. The maximum atomic E-state index is 11.5. The maximum Gasteiger partial charge on any atom is 0.244 e. The van der Waals surface area contributed by atoms with Gasteiger partial charge in [-0.05, 0) is 36.8 Å². The summed E-state index contributed by atoms with van der Waals surface area (Å²) in [6.07, 6.45) is 6.33. The van der Waals surface area contributed by atoms with Gasteiger partial charge in [0.25, 0.3) is 0 Å². The van der Waals surface area contributed by atoms with Crippen molar-refractivity contribution in [3.05, 3.63) is 54.3 Å². The Hall–Kier alpha value is -2.27. The van der Waals surface area contributed by atoms with Gasteiger partial charge in [0.2, 0.25) is 5.91 Å². The minimum atomic E-state index is -0.579. The normalized spacial score (nSPS) is 12.7. The third-order valence-electron chi connectivity index (χ3n) is 2.98. The van der Waals surface area contributed by atoms with Crippen LogP contribution in [0.4, 0.5) is 0 Å². The van der Waals surface area contributed by atoms with E-state index in [1.165, 1.54) is 6.08 Å². The third kappa shape index (κ3) is 3.86. The molecule has 2 aromatic rings. The molecule has 2 heterocycles. The first-order chi connectivity index (χ1) is 9.66. The molecule has 0 fully saturated rings. The van der Waals surface area contributed by atoms with E-state index < -0.39 is 6.10 Å². The molecule has 2 rings (SSSR count). The first kappa shape index (κ1) is 14.1. The van der Waals surface area contributed by atoms with Crippen molar-refractivity contribution in [2.45, 2.75) is 12.5 Å². The average molecular weight is 274 g/mol. The molecule has 5 heteroatoms. The molecule has 0 bridgehead atoms. The molecule has 0 aliphatic carbocycles. The van der Waals surface area contributed by atoms with Gasteiger partial charge in [0.05, 0.1) is 12.4 Å². The number of rotatable bonds is 6. The molecule has 0 aliphatic heterocycles. The van der Waals surface area contributed by atoms with Crippen LogP contribution < -0.4 is 5.32 Å². The maximum absolute atomic E-state index is 11.5. The Kier molecular flexibility index (Phi) is 4.79. The SMILES string of the molecule is Cn1cccc1[C@@H](O)CCNC(=O)/C=C/c1ccco1. The molecule has 0 aliphatic rings. The number of aliphatic hydroxyl groups is 1. The molecule has 5 nitrogen and oxygen atoms in total. The molecule has 1 atom stereocenters. The van der Waals surface area contributed by atoms with Crippen LogP contribution >= 0.6 is 0 Å². The highest BCUT2D eigenvalue weighted by molar-refractivity contribution is 5.91. The second-order valence-corrected chi connectivity index (χ2v) is 4.49. The van der Waals surface area contributed by atoms with Gasteiger partial charge in [0, 0.05) is 31.6 Å². The number of aliphatic hydroxyl groups excluding tert-OH is 1. The van der Waals surface area contributed by atoms with Crippen LogP contribution in [0.25, 0.3) is 6.08 Å². The van der Waals surface area contributed by atoms with E-state index in [9.17, 15) is 9.90 Å². The summed E-state index contributed by atoms with van der Waals surface area (Å²) >= 11 is 0. The fourth-order valence-electron chi connectivity index (χ4n) is 1.90. The van der Waals surface area contributed by atoms with Crippen molar-refractivity contribution in [3.8, 4) is 0 Å². The number of carbonyl (C=O) groups is 1. The second kappa shape index (κ2) is 6.77. The molecule has 0 spiro atoms. The molecule has 0 aromatic carbocycles.